The molecular weight excluding hydrogens is 254 g/mol. The van der Waals surface area contributed by atoms with Gasteiger partial charge in [-0.1, -0.05) is 29.8 Å². The zero-order chi connectivity index (χ0) is 13.9. The minimum Gasteiger partial charge on any atom is -0.360 e. The number of rotatable bonds is 4. The number of aryl methyl sites for hydroxylation is 1. The summed E-state index contributed by atoms with van der Waals surface area (Å²) < 4.78 is 6.25. The summed E-state index contributed by atoms with van der Waals surface area (Å²) in [6.07, 6.45) is 2.20. The fourth-order valence-electron chi connectivity index (χ4n) is 2.36. The first-order valence-electron chi connectivity index (χ1n) is 7.05. The molecule has 0 spiro atoms. The highest BCUT2D eigenvalue weighted by molar-refractivity contribution is 8.00. The van der Waals surface area contributed by atoms with E-state index in [0.717, 1.165) is 19.4 Å². The van der Waals surface area contributed by atoms with Gasteiger partial charge in [0.1, 0.15) is 4.93 Å². The molecule has 0 amide bonds. The molecule has 2 unspecified atom stereocenters. The van der Waals surface area contributed by atoms with Gasteiger partial charge in [-0.25, -0.2) is 0 Å². The van der Waals surface area contributed by atoms with Crippen LogP contribution in [0.2, 0.25) is 0 Å². The van der Waals surface area contributed by atoms with Crippen LogP contribution in [-0.2, 0) is 9.67 Å². The molecule has 2 rings (SSSR count). The molecule has 0 radical (unpaired) electrons. The average Bonchev–Trinajstić information content (AvgIpc) is 2.40. The molecule has 2 nitrogen and oxygen atoms in total. The van der Waals surface area contributed by atoms with Gasteiger partial charge in [0, 0.05) is 19.1 Å². The van der Waals surface area contributed by atoms with E-state index in [1.807, 2.05) is 11.8 Å². The number of hydrogen-bond acceptors (Lipinski definition) is 3. The van der Waals surface area contributed by atoms with E-state index in [9.17, 15) is 0 Å². The fraction of sp³-hybridized carbons (Fsp3) is 0.625. The van der Waals surface area contributed by atoms with E-state index in [0.29, 0.717) is 6.04 Å². The Morgan fingerprint density at radius 3 is 2.53 bits per heavy atom. The van der Waals surface area contributed by atoms with E-state index >= 15 is 0 Å². The molecule has 0 bridgehead atoms. The summed E-state index contributed by atoms with van der Waals surface area (Å²) >= 11 is 1.97. The summed E-state index contributed by atoms with van der Waals surface area (Å²) in [6.45, 7) is 5.28. The van der Waals surface area contributed by atoms with Crippen LogP contribution in [0.5, 0.6) is 0 Å². The number of thioether (sulfide) groups is 1. The molecular formula is C16H25NOS. The van der Waals surface area contributed by atoms with Crippen LogP contribution < -0.4 is 0 Å². The minimum atomic E-state index is -0.157. The Kier molecular flexibility index (Phi) is 4.93. The molecule has 3 heteroatoms. The third-order valence-electron chi connectivity index (χ3n) is 3.90. The predicted molar refractivity (Wildman–Crippen MR) is 83.7 cm³/mol. The van der Waals surface area contributed by atoms with Crippen molar-refractivity contribution < 1.29 is 4.74 Å². The van der Waals surface area contributed by atoms with E-state index < -0.39 is 0 Å². The number of nitrogens with zero attached hydrogens (tertiary/aromatic N) is 1. The Bertz CT molecular complexity index is 396. The van der Waals surface area contributed by atoms with Gasteiger partial charge in [0.2, 0.25) is 0 Å². The largest absolute Gasteiger partial charge is 0.360 e. The Morgan fingerprint density at radius 2 is 2.00 bits per heavy atom. The molecule has 0 aliphatic carbocycles. The van der Waals surface area contributed by atoms with Crippen LogP contribution in [0, 0.1) is 6.92 Å². The number of benzene rings is 1. The molecule has 0 saturated carbocycles. The zero-order valence-electron chi connectivity index (χ0n) is 12.5. The maximum absolute atomic E-state index is 6.25. The maximum atomic E-state index is 6.25. The van der Waals surface area contributed by atoms with E-state index in [2.05, 4.69) is 57.1 Å². The van der Waals surface area contributed by atoms with Gasteiger partial charge in [-0.15, -0.1) is 11.8 Å². The van der Waals surface area contributed by atoms with Gasteiger partial charge < -0.3 is 9.64 Å². The Balaban J connectivity index is 2.26. The van der Waals surface area contributed by atoms with Crippen molar-refractivity contribution in [2.75, 3.05) is 26.5 Å². The van der Waals surface area contributed by atoms with Crippen molar-refractivity contribution >= 4 is 11.8 Å². The van der Waals surface area contributed by atoms with Gasteiger partial charge in [-0.3, -0.25) is 0 Å². The number of hydrogen-bond donors (Lipinski definition) is 0. The van der Waals surface area contributed by atoms with E-state index in [4.69, 9.17) is 4.74 Å². The molecule has 19 heavy (non-hydrogen) atoms. The summed E-state index contributed by atoms with van der Waals surface area (Å²) in [5.41, 5.74) is 2.62. The van der Waals surface area contributed by atoms with Gasteiger partial charge in [-0.2, -0.15) is 0 Å². The predicted octanol–water partition coefficient (Wildman–Crippen LogP) is 3.64. The van der Waals surface area contributed by atoms with Gasteiger partial charge >= 0.3 is 0 Å². The van der Waals surface area contributed by atoms with Crippen LogP contribution in [0.1, 0.15) is 30.9 Å². The quantitative estimate of drug-likeness (QED) is 0.835. The highest BCUT2D eigenvalue weighted by atomic mass is 32.2. The first-order valence-corrected chi connectivity index (χ1v) is 8.03. The summed E-state index contributed by atoms with van der Waals surface area (Å²) in [7, 11) is 4.28. The summed E-state index contributed by atoms with van der Waals surface area (Å²) in [5.74, 6) is 1.19. The minimum absolute atomic E-state index is 0.157. The van der Waals surface area contributed by atoms with Crippen molar-refractivity contribution in [2.45, 2.75) is 37.7 Å². The van der Waals surface area contributed by atoms with Gasteiger partial charge in [-0.05, 0) is 45.7 Å². The van der Waals surface area contributed by atoms with Crippen molar-refractivity contribution in [1.82, 2.24) is 4.90 Å². The van der Waals surface area contributed by atoms with Crippen LogP contribution in [0.4, 0.5) is 0 Å². The number of ether oxygens (including phenoxy) is 1. The van der Waals surface area contributed by atoms with Gasteiger partial charge in [0.25, 0.3) is 0 Å². The molecule has 1 aliphatic rings. The van der Waals surface area contributed by atoms with Crippen LogP contribution in [0.25, 0.3) is 0 Å². The van der Waals surface area contributed by atoms with E-state index in [-0.39, 0.29) is 4.93 Å². The topological polar surface area (TPSA) is 12.5 Å². The molecule has 1 heterocycles. The summed E-state index contributed by atoms with van der Waals surface area (Å²) in [4.78, 5) is 2.12. The molecule has 2 atom stereocenters. The molecule has 106 valence electrons. The summed E-state index contributed by atoms with van der Waals surface area (Å²) in [6, 6.07) is 9.35. The lowest BCUT2D eigenvalue weighted by Crippen LogP contribution is -2.38. The molecule has 1 aromatic carbocycles. The monoisotopic (exact) mass is 279 g/mol. The second-order valence-electron chi connectivity index (χ2n) is 5.69. The fourth-order valence-corrected chi connectivity index (χ4v) is 3.78. The highest BCUT2D eigenvalue weighted by Gasteiger charge is 2.37. The third kappa shape index (κ3) is 3.53. The Labute approximate surface area is 121 Å². The maximum Gasteiger partial charge on any atom is 0.140 e. The van der Waals surface area contributed by atoms with Crippen molar-refractivity contribution in [2.24, 2.45) is 0 Å². The van der Waals surface area contributed by atoms with Gasteiger partial charge in [0.05, 0.1) is 0 Å². The smallest absolute Gasteiger partial charge is 0.140 e. The standard InChI is InChI=1S/C16H25NOS/c1-13-6-8-15(9-7-13)16(12-14(2)17(3)4)18-10-5-11-19-16/h6-9,14H,5,10-12H2,1-4H3. The van der Waals surface area contributed by atoms with E-state index in [1.165, 1.54) is 16.9 Å². The normalized spacial score (nSPS) is 25.5. The second kappa shape index (κ2) is 6.29. The Morgan fingerprint density at radius 1 is 1.32 bits per heavy atom. The molecule has 0 N–H and O–H groups in total. The highest BCUT2D eigenvalue weighted by Crippen LogP contribution is 2.45. The second-order valence-corrected chi connectivity index (χ2v) is 7.04. The van der Waals surface area contributed by atoms with Crippen LogP contribution >= 0.6 is 11.8 Å². The molecule has 1 fully saturated rings. The van der Waals surface area contributed by atoms with E-state index in [1.54, 1.807) is 0 Å². The zero-order valence-corrected chi connectivity index (χ0v) is 13.3. The first-order chi connectivity index (χ1) is 9.03. The van der Waals surface area contributed by atoms with Crippen LogP contribution in [-0.4, -0.2) is 37.4 Å². The third-order valence-corrected chi connectivity index (χ3v) is 5.38. The lowest BCUT2D eigenvalue weighted by Gasteiger charge is -2.40. The van der Waals surface area contributed by atoms with Crippen molar-refractivity contribution in [1.29, 1.82) is 0 Å². The molecule has 1 aliphatic heterocycles. The molecule has 1 saturated heterocycles. The molecule has 1 aromatic rings. The van der Waals surface area contributed by atoms with Crippen molar-refractivity contribution in [3.63, 3.8) is 0 Å². The van der Waals surface area contributed by atoms with Gasteiger partial charge in [0.15, 0.2) is 0 Å². The lowest BCUT2D eigenvalue weighted by molar-refractivity contribution is -0.00330. The Hall–Kier alpha value is -0.510. The molecule has 0 aromatic heterocycles. The lowest BCUT2D eigenvalue weighted by atomic mass is 10.00. The average molecular weight is 279 g/mol. The summed E-state index contributed by atoms with van der Waals surface area (Å²) in [5, 5.41) is 0. The SMILES string of the molecule is Cc1ccc(C2(CC(C)N(C)C)OCCCS2)cc1. The first kappa shape index (κ1) is 14.9. The van der Waals surface area contributed by atoms with Crippen molar-refractivity contribution in [3.8, 4) is 0 Å². The van der Waals surface area contributed by atoms with Crippen LogP contribution in [0.3, 0.4) is 0 Å². The van der Waals surface area contributed by atoms with Crippen LogP contribution in [0.15, 0.2) is 24.3 Å². The van der Waals surface area contributed by atoms with Crippen molar-refractivity contribution in [3.05, 3.63) is 35.4 Å².